The smallest absolute Gasteiger partial charge is 0.315 e. The van der Waals surface area contributed by atoms with Gasteiger partial charge in [0.2, 0.25) is 0 Å². The molecule has 20 heavy (non-hydrogen) atoms. The molecule has 0 saturated carbocycles. The minimum atomic E-state index is -0.517. The Labute approximate surface area is 120 Å². The number of hydrogen-bond acceptors (Lipinski definition) is 3. The van der Waals surface area contributed by atoms with Crippen molar-refractivity contribution in [2.45, 2.75) is 32.9 Å². The van der Waals surface area contributed by atoms with Crippen LogP contribution in [0.1, 0.15) is 25.8 Å². The van der Waals surface area contributed by atoms with Gasteiger partial charge in [0, 0.05) is 18.7 Å². The van der Waals surface area contributed by atoms with Crippen molar-refractivity contribution in [1.82, 2.24) is 10.6 Å². The fourth-order valence-electron chi connectivity index (χ4n) is 1.76. The first kappa shape index (κ1) is 16.3. The van der Waals surface area contributed by atoms with E-state index in [2.05, 4.69) is 10.6 Å². The molecular weight excluding hydrogens is 256 g/mol. The molecule has 0 saturated heterocycles. The topological polar surface area (TPSA) is 70.6 Å². The van der Waals surface area contributed by atoms with Crippen molar-refractivity contribution < 1.29 is 14.6 Å². The maximum atomic E-state index is 11.7. The van der Waals surface area contributed by atoms with Crippen LogP contribution in [0.25, 0.3) is 0 Å². The van der Waals surface area contributed by atoms with Crippen LogP contribution in [0, 0.1) is 5.92 Å². The van der Waals surface area contributed by atoms with Crippen molar-refractivity contribution in [3.8, 4) is 5.75 Å². The van der Waals surface area contributed by atoms with E-state index in [0.29, 0.717) is 6.54 Å². The standard InChI is InChI=1S/C15H24N2O3/c1-4-11(2)13(18)10-17-15(19)16-9-12-7-5-6-8-14(12)20-3/h5-8,11,13,18H,4,9-10H2,1-3H3,(H2,16,17,19). The Hall–Kier alpha value is -1.75. The first-order valence-corrected chi connectivity index (χ1v) is 6.90. The molecule has 0 fully saturated rings. The summed E-state index contributed by atoms with van der Waals surface area (Å²) in [5.74, 6) is 0.914. The second-order valence-electron chi connectivity index (χ2n) is 4.83. The Morgan fingerprint density at radius 2 is 2.05 bits per heavy atom. The lowest BCUT2D eigenvalue weighted by atomic mass is 10.0. The molecule has 0 heterocycles. The van der Waals surface area contributed by atoms with Gasteiger partial charge in [0.15, 0.2) is 0 Å². The summed E-state index contributed by atoms with van der Waals surface area (Å²) >= 11 is 0. The second kappa shape index (κ2) is 8.43. The third-order valence-corrected chi connectivity index (χ3v) is 3.40. The number of aliphatic hydroxyl groups is 1. The summed E-state index contributed by atoms with van der Waals surface area (Å²) in [5.41, 5.74) is 0.910. The molecule has 1 aromatic carbocycles. The molecule has 0 aliphatic heterocycles. The normalized spacial score (nSPS) is 13.4. The second-order valence-corrected chi connectivity index (χ2v) is 4.83. The predicted octanol–water partition coefficient (Wildman–Crippen LogP) is 1.90. The molecule has 2 atom stereocenters. The molecule has 3 N–H and O–H groups in total. The highest BCUT2D eigenvalue weighted by atomic mass is 16.5. The van der Waals surface area contributed by atoms with Gasteiger partial charge in [-0.15, -0.1) is 0 Å². The first-order chi connectivity index (χ1) is 9.58. The highest BCUT2D eigenvalue weighted by molar-refractivity contribution is 5.73. The molecule has 0 aliphatic carbocycles. The number of urea groups is 1. The zero-order chi connectivity index (χ0) is 15.0. The van der Waals surface area contributed by atoms with Gasteiger partial charge in [-0.3, -0.25) is 0 Å². The summed E-state index contributed by atoms with van der Waals surface area (Å²) in [4.78, 5) is 11.7. The van der Waals surface area contributed by atoms with E-state index in [1.807, 2.05) is 38.1 Å². The van der Waals surface area contributed by atoms with Crippen LogP contribution in [-0.2, 0) is 6.54 Å². The van der Waals surface area contributed by atoms with Gasteiger partial charge in [0.25, 0.3) is 0 Å². The molecule has 0 aromatic heterocycles. The highest BCUT2D eigenvalue weighted by Gasteiger charge is 2.13. The van der Waals surface area contributed by atoms with Crippen molar-refractivity contribution in [3.05, 3.63) is 29.8 Å². The number of carbonyl (C=O) groups is 1. The van der Waals surface area contributed by atoms with E-state index in [9.17, 15) is 9.90 Å². The molecule has 0 aliphatic rings. The summed E-state index contributed by atoms with van der Waals surface area (Å²) in [6, 6.07) is 7.22. The molecule has 0 radical (unpaired) electrons. The van der Waals surface area contributed by atoms with Crippen molar-refractivity contribution in [3.63, 3.8) is 0 Å². The van der Waals surface area contributed by atoms with Crippen LogP contribution in [0.4, 0.5) is 4.79 Å². The lowest BCUT2D eigenvalue weighted by molar-refractivity contribution is 0.114. The van der Waals surface area contributed by atoms with Crippen molar-refractivity contribution in [2.24, 2.45) is 5.92 Å². The lowest BCUT2D eigenvalue weighted by Crippen LogP contribution is -2.41. The maximum absolute atomic E-state index is 11.7. The molecule has 112 valence electrons. The minimum Gasteiger partial charge on any atom is -0.496 e. The largest absolute Gasteiger partial charge is 0.496 e. The Balaban J connectivity index is 2.36. The summed E-state index contributed by atoms with van der Waals surface area (Å²) in [7, 11) is 1.60. The third kappa shape index (κ3) is 5.09. The average Bonchev–Trinajstić information content (AvgIpc) is 2.49. The number of para-hydroxylation sites is 1. The van der Waals surface area contributed by atoms with E-state index in [1.54, 1.807) is 7.11 Å². The number of carbonyl (C=O) groups excluding carboxylic acids is 1. The van der Waals surface area contributed by atoms with Crippen LogP contribution in [0.3, 0.4) is 0 Å². The van der Waals surface area contributed by atoms with Crippen molar-refractivity contribution >= 4 is 6.03 Å². The number of ether oxygens (including phenoxy) is 1. The number of amides is 2. The van der Waals surface area contributed by atoms with E-state index in [4.69, 9.17) is 4.74 Å². The predicted molar refractivity (Wildman–Crippen MR) is 78.7 cm³/mol. The Morgan fingerprint density at radius 3 is 2.70 bits per heavy atom. The highest BCUT2D eigenvalue weighted by Crippen LogP contribution is 2.16. The third-order valence-electron chi connectivity index (χ3n) is 3.40. The Bertz CT molecular complexity index is 423. The number of benzene rings is 1. The average molecular weight is 280 g/mol. The maximum Gasteiger partial charge on any atom is 0.315 e. The molecule has 5 heteroatoms. The van der Waals surface area contributed by atoms with E-state index in [-0.39, 0.29) is 18.5 Å². The van der Waals surface area contributed by atoms with Gasteiger partial charge in [0.1, 0.15) is 5.75 Å². The molecule has 2 amide bonds. The number of aliphatic hydroxyl groups excluding tert-OH is 1. The van der Waals surface area contributed by atoms with Crippen molar-refractivity contribution in [2.75, 3.05) is 13.7 Å². The van der Waals surface area contributed by atoms with Crippen LogP contribution in [0.2, 0.25) is 0 Å². The van der Waals surface area contributed by atoms with Gasteiger partial charge in [-0.1, -0.05) is 38.5 Å². The van der Waals surface area contributed by atoms with Crippen LogP contribution in [-0.4, -0.2) is 30.9 Å². The number of methoxy groups -OCH3 is 1. The SMILES string of the molecule is CCC(C)C(O)CNC(=O)NCc1ccccc1OC. The van der Waals surface area contributed by atoms with Gasteiger partial charge >= 0.3 is 6.03 Å². The summed E-state index contributed by atoms with van der Waals surface area (Å²) in [6.07, 6.45) is 0.364. The number of rotatable bonds is 7. The molecule has 1 aromatic rings. The summed E-state index contributed by atoms with van der Waals surface area (Å²) < 4.78 is 5.21. The number of nitrogens with one attached hydrogen (secondary N) is 2. The molecule has 5 nitrogen and oxygen atoms in total. The van der Waals surface area contributed by atoms with E-state index in [1.165, 1.54) is 0 Å². The van der Waals surface area contributed by atoms with Gasteiger partial charge in [0.05, 0.1) is 13.2 Å². The van der Waals surface area contributed by atoms with Crippen LogP contribution < -0.4 is 15.4 Å². The summed E-state index contributed by atoms with van der Waals surface area (Å²) in [6.45, 7) is 4.61. The minimum absolute atomic E-state index is 0.171. The fourth-order valence-corrected chi connectivity index (χ4v) is 1.76. The Kier molecular flexibility index (Phi) is 6.87. The molecule has 2 unspecified atom stereocenters. The molecule has 0 spiro atoms. The van der Waals surface area contributed by atoms with Crippen molar-refractivity contribution in [1.29, 1.82) is 0 Å². The van der Waals surface area contributed by atoms with Crippen LogP contribution in [0.5, 0.6) is 5.75 Å². The van der Waals surface area contributed by atoms with Crippen LogP contribution >= 0.6 is 0 Å². The van der Waals surface area contributed by atoms with Gasteiger partial charge < -0.3 is 20.5 Å². The molecular formula is C15H24N2O3. The Morgan fingerprint density at radius 1 is 1.35 bits per heavy atom. The summed E-state index contributed by atoms with van der Waals surface area (Å²) in [5, 5.41) is 15.2. The molecule has 0 bridgehead atoms. The van der Waals surface area contributed by atoms with Gasteiger partial charge in [-0.05, 0) is 12.0 Å². The zero-order valence-corrected chi connectivity index (χ0v) is 12.3. The monoisotopic (exact) mass is 280 g/mol. The molecule has 1 rings (SSSR count). The zero-order valence-electron chi connectivity index (χ0n) is 12.3. The van der Waals surface area contributed by atoms with Crippen LogP contribution in [0.15, 0.2) is 24.3 Å². The number of hydrogen-bond donors (Lipinski definition) is 3. The van der Waals surface area contributed by atoms with Gasteiger partial charge in [-0.25, -0.2) is 4.79 Å². The quantitative estimate of drug-likeness (QED) is 0.714. The van der Waals surface area contributed by atoms with Gasteiger partial charge in [-0.2, -0.15) is 0 Å². The fraction of sp³-hybridized carbons (Fsp3) is 0.533. The van der Waals surface area contributed by atoms with E-state index >= 15 is 0 Å². The van der Waals surface area contributed by atoms with E-state index in [0.717, 1.165) is 17.7 Å². The van der Waals surface area contributed by atoms with E-state index < -0.39 is 6.10 Å². The lowest BCUT2D eigenvalue weighted by Gasteiger charge is -2.18. The first-order valence-electron chi connectivity index (χ1n) is 6.90.